The van der Waals surface area contributed by atoms with Crippen LogP contribution in [0.4, 0.5) is 30.7 Å². The maximum Gasteiger partial charge on any atom is 0.490 e. The van der Waals surface area contributed by atoms with Crippen LogP contribution in [0.15, 0.2) is 36.4 Å². The number of hydrogen-bond acceptors (Lipinski definition) is 6. The zero-order valence-corrected chi connectivity index (χ0v) is 22.9. The lowest BCUT2D eigenvalue weighted by Gasteiger charge is -2.32. The van der Waals surface area contributed by atoms with Crippen molar-refractivity contribution in [2.45, 2.75) is 56.6 Å². The van der Waals surface area contributed by atoms with Crippen molar-refractivity contribution in [2.24, 2.45) is 0 Å². The number of aliphatic carboxylic acids is 1. The standard InChI is InChI=1S/C24H26F4N2O4S.C2HF3O2/c1-35(32,33)29-23(31)21-13-20(15-5-6-15)16(11-22(21)25)14-30-9-7-18(8-10-30)34-19-4-2-3-17(12-19)24(26,27)28;3-2(4,5)1(6)7/h2-4,11-13,15,18H,5-10,14H2,1H3,(H,29,31);(H,6,7). The van der Waals surface area contributed by atoms with E-state index in [9.17, 15) is 43.9 Å². The van der Waals surface area contributed by atoms with Crippen LogP contribution in [0.3, 0.4) is 0 Å². The lowest BCUT2D eigenvalue weighted by Crippen LogP contribution is -2.38. The average Bonchev–Trinajstić information content (AvgIpc) is 3.69. The predicted molar refractivity (Wildman–Crippen MR) is 135 cm³/mol. The van der Waals surface area contributed by atoms with Crippen LogP contribution in [0.2, 0.25) is 0 Å². The molecule has 0 bridgehead atoms. The third-order valence-corrected chi connectivity index (χ3v) is 6.96. The first-order valence-electron chi connectivity index (χ1n) is 12.5. The molecule has 2 aliphatic rings. The second-order valence-corrected chi connectivity index (χ2v) is 11.7. The van der Waals surface area contributed by atoms with Crippen molar-refractivity contribution in [1.29, 1.82) is 0 Å². The first-order chi connectivity index (χ1) is 19.3. The molecule has 2 aromatic rings. The Morgan fingerprint density at radius 1 is 1.02 bits per heavy atom. The Bertz CT molecular complexity index is 1400. The highest BCUT2D eigenvalue weighted by molar-refractivity contribution is 7.89. The molecule has 8 nitrogen and oxygen atoms in total. The largest absolute Gasteiger partial charge is 0.490 e. The monoisotopic (exact) mass is 628 g/mol. The number of nitrogens with zero attached hydrogens (tertiary/aromatic N) is 1. The summed E-state index contributed by atoms with van der Waals surface area (Å²) in [4.78, 5) is 23.2. The fourth-order valence-corrected chi connectivity index (χ4v) is 4.75. The Hall–Kier alpha value is -3.40. The Morgan fingerprint density at radius 3 is 2.12 bits per heavy atom. The Kier molecular flexibility index (Phi) is 10.1. The summed E-state index contributed by atoms with van der Waals surface area (Å²) in [5.74, 6) is -4.15. The van der Waals surface area contributed by atoms with Crippen LogP contribution in [0.25, 0.3) is 0 Å². The number of piperidine rings is 1. The third-order valence-electron chi connectivity index (χ3n) is 6.40. The van der Waals surface area contributed by atoms with Gasteiger partial charge in [0.15, 0.2) is 0 Å². The molecule has 1 aliphatic carbocycles. The number of likely N-dealkylation sites (tertiary alicyclic amines) is 1. The number of carboxylic acids is 1. The van der Waals surface area contributed by atoms with Crippen LogP contribution < -0.4 is 9.46 Å². The fourth-order valence-electron chi connectivity index (χ4n) is 4.30. The number of ether oxygens (including phenoxy) is 1. The van der Waals surface area contributed by atoms with E-state index < -0.39 is 45.6 Å². The number of carbonyl (C=O) groups excluding carboxylic acids is 1. The van der Waals surface area contributed by atoms with E-state index in [2.05, 4.69) is 4.90 Å². The maximum absolute atomic E-state index is 14.7. The van der Waals surface area contributed by atoms with Crippen molar-refractivity contribution in [1.82, 2.24) is 9.62 Å². The molecule has 0 radical (unpaired) electrons. The van der Waals surface area contributed by atoms with Crippen LogP contribution in [0, 0.1) is 5.82 Å². The number of benzene rings is 2. The van der Waals surface area contributed by atoms with E-state index in [1.165, 1.54) is 24.3 Å². The lowest BCUT2D eigenvalue weighted by atomic mass is 9.97. The summed E-state index contributed by atoms with van der Waals surface area (Å²) in [5, 5.41) is 7.12. The molecule has 1 amide bonds. The van der Waals surface area contributed by atoms with Gasteiger partial charge < -0.3 is 9.84 Å². The van der Waals surface area contributed by atoms with Crippen LogP contribution in [-0.4, -0.2) is 61.9 Å². The summed E-state index contributed by atoms with van der Waals surface area (Å²) in [7, 11) is -3.82. The summed E-state index contributed by atoms with van der Waals surface area (Å²) >= 11 is 0. The van der Waals surface area contributed by atoms with Crippen LogP contribution in [0.5, 0.6) is 5.75 Å². The number of carboxylic acid groups (broad SMARTS) is 1. The van der Waals surface area contributed by atoms with Crippen molar-refractivity contribution in [3.05, 3.63) is 64.5 Å². The SMILES string of the molecule is CS(=O)(=O)NC(=O)c1cc(C2CC2)c(CN2CCC(Oc3cccc(C(F)(F)F)c3)CC2)cc1F.O=C(O)C(F)(F)F. The quantitative estimate of drug-likeness (QED) is 0.411. The van der Waals surface area contributed by atoms with Crippen molar-refractivity contribution < 1.29 is 58.6 Å². The van der Waals surface area contributed by atoms with Gasteiger partial charge in [0, 0.05) is 19.6 Å². The second-order valence-electron chi connectivity index (χ2n) is 9.93. The van der Waals surface area contributed by atoms with Gasteiger partial charge in [0.2, 0.25) is 10.0 Å². The van der Waals surface area contributed by atoms with Gasteiger partial charge in [0.1, 0.15) is 17.7 Å². The highest BCUT2D eigenvalue weighted by Gasteiger charge is 2.38. The fraction of sp³-hybridized carbons (Fsp3) is 0.462. The minimum Gasteiger partial charge on any atom is -0.490 e. The number of amides is 1. The molecule has 4 rings (SSSR count). The van der Waals surface area contributed by atoms with Gasteiger partial charge in [0.05, 0.1) is 17.4 Å². The molecule has 1 aliphatic heterocycles. The van der Waals surface area contributed by atoms with Crippen LogP contribution in [-0.2, 0) is 27.5 Å². The molecule has 0 unspecified atom stereocenters. The van der Waals surface area contributed by atoms with Gasteiger partial charge in [0.25, 0.3) is 5.91 Å². The molecule has 42 heavy (non-hydrogen) atoms. The molecule has 1 saturated carbocycles. The minimum absolute atomic E-state index is 0.180. The Labute approximate surface area is 236 Å². The molecular formula is C26H27F7N2O6S. The molecule has 0 aromatic heterocycles. The van der Waals surface area contributed by atoms with Gasteiger partial charge in [-0.3, -0.25) is 9.69 Å². The molecule has 232 valence electrons. The number of rotatable bonds is 7. The molecule has 0 spiro atoms. The van der Waals surface area contributed by atoms with E-state index in [0.29, 0.717) is 32.5 Å². The topological polar surface area (TPSA) is 113 Å². The Morgan fingerprint density at radius 2 is 1.62 bits per heavy atom. The number of alkyl halides is 6. The predicted octanol–water partition coefficient (Wildman–Crippen LogP) is 5.09. The molecule has 2 N–H and O–H groups in total. The first-order valence-corrected chi connectivity index (χ1v) is 14.4. The van der Waals surface area contributed by atoms with Gasteiger partial charge in [-0.15, -0.1) is 0 Å². The van der Waals surface area contributed by atoms with Gasteiger partial charge in [-0.2, -0.15) is 26.3 Å². The smallest absolute Gasteiger partial charge is 0.490 e. The number of nitrogens with one attached hydrogen (secondary N) is 1. The number of carbonyl (C=O) groups is 2. The van der Waals surface area contributed by atoms with E-state index in [-0.39, 0.29) is 23.3 Å². The van der Waals surface area contributed by atoms with E-state index in [1.54, 1.807) is 4.72 Å². The maximum atomic E-state index is 14.7. The van der Waals surface area contributed by atoms with E-state index in [4.69, 9.17) is 14.6 Å². The number of sulfonamides is 1. The lowest BCUT2D eigenvalue weighted by molar-refractivity contribution is -0.192. The molecule has 2 aromatic carbocycles. The van der Waals surface area contributed by atoms with Crippen molar-refractivity contribution in [2.75, 3.05) is 19.3 Å². The molecule has 1 heterocycles. The Balaban J connectivity index is 0.000000616. The van der Waals surface area contributed by atoms with Crippen LogP contribution >= 0.6 is 0 Å². The highest BCUT2D eigenvalue weighted by Crippen LogP contribution is 2.43. The molecule has 0 atom stereocenters. The van der Waals surface area contributed by atoms with E-state index in [1.807, 2.05) is 0 Å². The van der Waals surface area contributed by atoms with Crippen molar-refractivity contribution in [3.8, 4) is 5.75 Å². The van der Waals surface area contributed by atoms with E-state index in [0.717, 1.165) is 42.4 Å². The molecule has 1 saturated heterocycles. The van der Waals surface area contributed by atoms with Gasteiger partial charge >= 0.3 is 18.3 Å². The summed E-state index contributed by atoms with van der Waals surface area (Å²) < 4.78 is 116. The zero-order chi connectivity index (χ0) is 31.5. The summed E-state index contributed by atoms with van der Waals surface area (Å²) in [5.41, 5.74) is 0.538. The van der Waals surface area contributed by atoms with Crippen molar-refractivity contribution >= 4 is 21.9 Å². The zero-order valence-electron chi connectivity index (χ0n) is 22.1. The minimum atomic E-state index is -5.08. The molecule has 2 fully saturated rings. The second kappa shape index (κ2) is 12.9. The molecular weight excluding hydrogens is 601 g/mol. The normalized spacial score (nSPS) is 16.8. The summed E-state index contributed by atoms with van der Waals surface area (Å²) in [6, 6.07) is 7.58. The average molecular weight is 629 g/mol. The van der Waals surface area contributed by atoms with Gasteiger partial charge in [-0.25, -0.2) is 22.3 Å². The summed E-state index contributed by atoms with van der Waals surface area (Å²) in [6.45, 7) is 1.68. The number of halogens is 7. The van der Waals surface area contributed by atoms with Gasteiger partial charge in [-0.05, 0) is 73.1 Å². The highest BCUT2D eigenvalue weighted by atomic mass is 32.2. The summed E-state index contributed by atoms with van der Waals surface area (Å²) in [6.07, 6.45) is -5.87. The van der Waals surface area contributed by atoms with Gasteiger partial charge in [-0.1, -0.05) is 6.07 Å². The first kappa shape index (κ1) is 33.1. The number of hydrogen-bond donors (Lipinski definition) is 2. The van der Waals surface area contributed by atoms with Crippen molar-refractivity contribution in [3.63, 3.8) is 0 Å². The van der Waals surface area contributed by atoms with E-state index >= 15 is 0 Å². The van der Waals surface area contributed by atoms with Crippen LogP contribution in [0.1, 0.15) is 58.6 Å². The molecule has 16 heteroatoms. The third kappa shape index (κ3) is 9.86.